The molecule has 0 radical (unpaired) electrons. The first-order valence-electron chi connectivity index (χ1n) is 11.7. The van der Waals surface area contributed by atoms with Crippen LogP contribution in [0.3, 0.4) is 0 Å². The maximum absolute atomic E-state index is 13.7. The third-order valence-corrected chi connectivity index (χ3v) is 6.91. The van der Waals surface area contributed by atoms with Crippen LogP contribution in [0.1, 0.15) is 28.4 Å². The third-order valence-electron chi connectivity index (χ3n) is 6.91. The quantitative estimate of drug-likeness (QED) is 0.436. The molecule has 2 aliphatic heterocycles. The molecule has 1 fully saturated rings. The fourth-order valence-corrected chi connectivity index (χ4v) is 5.24. The highest BCUT2D eigenvalue weighted by Crippen LogP contribution is 2.42. The second-order valence-electron chi connectivity index (χ2n) is 8.97. The number of aromatic hydroxyl groups is 1. The Morgan fingerprint density at radius 2 is 1.83 bits per heavy atom. The Labute approximate surface area is 207 Å². The number of H-pyrrole nitrogens is 1. The standard InChI is InChI=1S/C28H24N4O4/c1-36-24-13-17(11-12-23(24)33)15-29-31-16-25(34)32-22(28(31)35)14-20-19-9-5-6-10-21(19)30-26(20)27(32)18-7-3-2-4-8-18/h2-13,15,22,27,30,33H,14,16H2,1H3/b29-15-/t22-,27+/m0/s1. The van der Waals surface area contributed by atoms with Crippen LogP contribution in [0, 0.1) is 0 Å². The molecule has 8 nitrogen and oxygen atoms in total. The molecule has 0 unspecified atom stereocenters. The summed E-state index contributed by atoms with van der Waals surface area (Å²) in [5.74, 6) is -0.0825. The number of benzene rings is 3. The van der Waals surface area contributed by atoms with Crippen LogP contribution >= 0.6 is 0 Å². The smallest absolute Gasteiger partial charge is 0.266 e. The highest BCUT2D eigenvalue weighted by Gasteiger charge is 2.48. The highest BCUT2D eigenvalue weighted by atomic mass is 16.5. The van der Waals surface area contributed by atoms with Crippen LogP contribution in [0.4, 0.5) is 0 Å². The molecule has 36 heavy (non-hydrogen) atoms. The van der Waals surface area contributed by atoms with Gasteiger partial charge in [-0.2, -0.15) is 5.10 Å². The molecule has 3 heterocycles. The summed E-state index contributed by atoms with van der Waals surface area (Å²) in [4.78, 5) is 32.5. The van der Waals surface area contributed by atoms with E-state index in [0.29, 0.717) is 17.7 Å². The number of aromatic amines is 1. The van der Waals surface area contributed by atoms with Gasteiger partial charge in [0.05, 0.1) is 19.4 Å². The number of aromatic nitrogens is 1. The van der Waals surface area contributed by atoms with Crippen molar-refractivity contribution in [3.05, 3.63) is 95.2 Å². The van der Waals surface area contributed by atoms with Gasteiger partial charge in [-0.1, -0.05) is 48.5 Å². The van der Waals surface area contributed by atoms with Crippen molar-refractivity contribution in [2.45, 2.75) is 18.5 Å². The number of hydrogen-bond donors (Lipinski definition) is 2. The van der Waals surface area contributed by atoms with Crippen LogP contribution in [0.2, 0.25) is 0 Å². The molecule has 2 amide bonds. The van der Waals surface area contributed by atoms with Crippen LogP contribution in [0.25, 0.3) is 10.9 Å². The number of piperazine rings is 1. The predicted octanol–water partition coefficient (Wildman–Crippen LogP) is 3.60. The molecule has 3 aromatic carbocycles. The van der Waals surface area contributed by atoms with Crippen molar-refractivity contribution in [1.29, 1.82) is 0 Å². The van der Waals surface area contributed by atoms with Crippen molar-refractivity contribution >= 4 is 28.9 Å². The number of carbonyl (C=O) groups is 2. The monoisotopic (exact) mass is 480 g/mol. The Bertz CT molecular complexity index is 1510. The van der Waals surface area contributed by atoms with Gasteiger partial charge in [-0.3, -0.25) is 9.59 Å². The number of phenols is 1. The van der Waals surface area contributed by atoms with E-state index in [9.17, 15) is 14.7 Å². The van der Waals surface area contributed by atoms with E-state index in [0.717, 1.165) is 27.7 Å². The normalized spacial score (nSPS) is 19.6. The van der Waals surface area contributed by atoms with Gasteiger partial charge >= 0.3 is 0 Å². The molecule has 0 saturated carbocycles. The van der Waals surface area contributed by atoms with E-state index in [4.69, 9.17) is 4.74 Å². The lowest BCUT2D eigenvalue weighted by molar-refractivity contribution is -0.158. The minimum absolute atomic E-state index is 0.0122. The summed E-state index contributed by atoms with van der Waals surface area (Å²) in [6.07, 6.45) is 1.91. The second kappa shape index (κ2) is 8.57. The van der Waals surface area contributed by atoms with E-state index >= 15 is 0 Å². The van der Waals surface area contributed by atoms with Gasteiger partial charge in [0.25, 0.3) is 5.91 Å². The number of amides is 2. The van der Waals surface area contributed by atoms with Gasteiger partial charge in [0.2, 0.25) is 5.91 Å². The zero-order valence-corrected chi connectivity index (χ0v) is 19.6. The minimum atomic E-state index is -0.672. The first kappa shape index (κ1) is 21.9. The largest absolute Gasteiger partial charge is 0.504 e. The average molecular weight is 481 g/mol. The zero-order chi connectivity index (χ0) is 24.8. The molecule has 0 spiro atoms. The second-order valence-corrected chi connectivity index (χ2v) is 8.97. The molecule has 2 atom stereocenters. The molecule has 4 aromatic rings. The third kappa shape index (κ3) is 3.50. The van der Waals surface area contributed by atoms with Crippen molar-refractivity contribution < 1.29 is 19.4 Å². The van der Waals surface area contributed by atoms with E-state index in [1.807, 2.05) is 54.6 Å². The van der Waals surface area contributed by atoms with Gasteiger partial charge in [-0.25, -0.2) is 5.01 Å². The Morgan fingerprint density at radius 3 is 2.64 bits per heavy atom. The number of carbonyl (C=O) groups excluding carboxylic acids is 2. The van der Waals surface area contributed by atoms with E-state index in [2.05, 4.69) is 10.1 Å². The molecule has 0 aliphatic carbocycles. The summed E-state index contributed by atoms with van der Waals surface area (Å²) in [6, 6.07) is 21.5. The summed E-state index contributed by atoms with van der Waals surface area (Å²) >= 11 is 0. The van der Waals surface area contributed by atoms with Crippen LogP contribution in [0.15, 0.2) is 77.9 Å². The Balaban J connectivity index is 1.40. The molecule has 2 N–H and O–H groups in total. The SMILES string of the molecule is COc1cc(/C=N\N2CC(=O)N3[C@H](c4ccccc4)c4[nH]c5ccccc5c4C[C@H]3C2=O)ccc1O. The molecule has 8 heteroatoms. The maximum atomic E-state index is 13.7. The number of rotatable bonds is 4. The number of hydrogen-bond acceptors (Lipinski definition) is 5. The fourth-order valence-electron chi connectivity index (χ4n) is 5.24. The van der Waals surface area contributed by atoms with Gasteiger partial charge in [0.15, 0.2) is 11.5 Å². The first-order chi connectivity index (χ1) is 17.5. The van der Waals surface area contributed by atoms with E-state index in [1.54, 1.807) is 17.0 Å². The molecular weight excluding hydrogens is 456 g/mol. The predicted molar refractivity (Wildman–Crippen MR) is 135 cm³/mol. The van der Waals surface area contributed by atoms with Gasteiger partial charge in [-0.05, 0) is 41.0 Å². The lowest BCUT2D eigenvalue weighted by atomic mass is 9.86. The number of ether oxygens (including phenoxy) is 1. The molecule has 1 aromatic heterocycles. The molecule has 0 bridgehead atoms. The molecule has 1 saturated heterocycles. The van der Waals surface area contributed by atoms with Crippen LogP contribution in [0.5, 0.6) is 11.5 Å². The minimum Gasteiger partial charge on any atom is -0.504 e. The lowest BCUT2D eigenvalue weighted by Crippen LogP contribution is -2.61. The molecule has 6 rings (SSSR count). The molecule has 2 aliphatic rings. The first-order valence-corrected chi connectivity index (χ1v) is 11.7. The number of nitrogens with one attached hydrogen (secondary N) is 1. The van der Waals surface area contributed by atoms with Gasteiger partial charge in [0.1, 0.15) is 12.6 Å². The van der Waals surface area contributed by atoms with Gasteiger partial charge in [0, 0.05) is 23.0 Å². The fraction of sp³-hybridized carbons (Fsp3) is 0.179. The summed E-state index contributed by atoms with van der Waals surface area (Å²) < 4.78 is 5.14. The summed E-state index contributed by atoms with van der Waals surface area (Å²) in [6.45, 7) is -0.153. The average Bonchev–Trinajstić information content (AvgIpc) is 3.28. The highest BCUT2D eigenvalue weighted by molar-refractivity contribution is 5.98. The Kier molecular flexibility index (Phi) is 5.21. The van der Waals surface area contributed by atoms with Crippen molar-refractivity contribution in [3.63, 3.8) is 0 Å². The Morgan fingerprint density at radius 1 is 1.06 bits per heavy atom. The van der Waals surface area contributed by atoms with Crippen molar-refractivity contribution in [2.24, 2.45) is 5.10 Å². The van der Waals surface area contributed by atoms with Crippen molar-refractivity contribution in [2.75, 3.05) is 13.7 Å². The van der Waals surface area contributed by atoms with E-state index in [-0.39, 0.29) is 24.1 Å². The van der Waals surface area contributed by atoms with Gasteiger partial charge < -0.3 is 19.7 Å². The number of nitrogens with zero attached hydrogens (tertiary/aromatic N) is 3. The number of fused-ring (bicyclic) bond motifs is 4. The summed E-state index contributed by atoms with van der Waals surface area (Å²) in [5, 5.41) is 16.5. The molecular formula is C28H24N4O4. The van der Waals surface area contributed by atoms with Gasteiger partial charge in [-0.15, -0.1) is 0 Å². The zero-order valence-electron chi connectivity index (χ0n) is 19.6. The lowest BCUT2D eigenvalue weighted by Gasteiger charge is -2.45. The maximum Gasteiger partial charge on any atom is 0.266 e. The Hall–Kier alpha value is -4.59. The number of hydrazone groups is 1. The topological polar surface area (TPSA) is 98.2 Å². The molecule has 180 valence electrons. The summed E-state index contributed by atoms with van der Waals surface area (Å²) in [5.41, 5.74) is 4.57. The van der Waals surface area contributed by atoms with E-state index < -0.39 is 12.1 Å². The van der Waals surface area contributed by atoms with Crippen molar-refractivity contribution in [1.82, 2.24) is 14.9 Å². The van der Waals surface area contributed by atoms with Crippen LogP contribution in [-0.4, -0.2) is 57.7 Å². The summed E-state index contributed by atoms with van der Waals surface area (Å²) in [7, 11) is 1.46. The van der Waals surface area contributed by atoms with Crippen molar-refractivity contribution in [3.8, 4) is 11.5 Å². The number of phenolic OH excluding ortho intramolecular Hbond substituents is 1. The van der Waals surface area contributed by atoms with E-state index in [1.165, 1.54) is 24.4 Å². The van der Waals surface area contributed by atoms with Crippen LogP contribution < -0.4 is 4.74 Å². The number of methoxy groups -OCH3 is 1. The van der Waals surface area contributed by atoms with Crippen LogP contribution in [-0.2, 0) is 16.0 Å². The number of para-hydroxylation sites is 1.